The fourth-order valence-electron chi connectivity index (χ4n) is 3.51. The SMILES string of the molecule is COC1=C(S(=O)(=O)Nn2ncc3ccc4ccc(OC)cc4c32)C=C(C(F)(F)F)CC1. The number of hydrogen-bond donors (Lipinski definition) is 1. The molecule has 0 saturated heterocycles. The van der Waals surface area contributed by atoms with Crippen LogP contribution < -0.4 is 9.57 Å². The van der Waals surface area contributed by atoms with Crippen molar-refractivity contribution in [1.82, 2.24) is 9.89 Å². The van der Waals surface area contributed by atoms with Gasteiger partial charge in [0.1, 0.15) is 21.9 Å². The monoisotopic (exact) mass is 453 g/mol. The number of allylic oxidation sites excluding steroid dienone is 3. The fraction of sp³-hybridized carbons (Fsp3) is 0.250. The molecular weight excluding hydrogens is 435 g/mol. The second-order valence-electron chi connectivity index (χ2n) is 6.90. The Morgan fingerprint density at radius 1 is 1.06 bits per heavy atom. The Bertz CT molecular complexity index is 1340. The van der Waals surface area contributed by atoms with Gasteiger partial charge in [0.25, 0.3) is 10.0 Å². The summed E-state index contributed by atoms with van der Waals surface area (Å²) in [5, 5.41) is 6.19. The van der Waals surface area contributed by atoms with Crippen LogP contribution in [-0.2, 0) is 14.8 Å². The number of sulfonamides is 1. The van der Waals surface area contributed by atoms with Crippen LogP contribution in [0.3, 0.4) is 0 Å². The van der Waals surface area contributed by atoms with Gasteiger partial charge in [-0.1, -0.05) is 18.2 Å². The maximum Gasteiger partial charge on any atom is 0.412 e. The Morgan fingerprint density at radius 2 is 1.77 bits per heavy atom. The average Bonchev–Trinajstić information content (AvgIpc) is 3.14. The largest absolute Gasteiger partial charge is 0.500 e. The normalized spacial score (nSPS) is 15.3. The molecule has 11 heteroatoms. The van der Waals surface area contributed by atoms with Crippen LogP contribution in [0, 0.1) is 0 Å². The highest BCUT2D eigenvalue weighted by Gasteiger charge is 2.38. The Labute approximate surface area is 175 Å². The topological polar surface area (TPSA) is 82.5 Å². The molecule has 1 heterocycles. The zero-order valence-electron chi connectivity index (χ0n) is 16.5. The van der Waals surface area contributed by atoms with Gasteiger partial charge in [0.15, 0.2) is 0 Å². The summed E-state index contributed by atoms with van der Waals surface area (Å²) in [6.07, 6.45) is -3.11. The van der Waals surface area contributed by atoms with Gasteiger partial charge in [-0.25, -0.2) is 0 Å². The molecule has 3 aromatic rings. The summed E-state index contributed by atoms with van der Waals surface area (Å²) in [5.41, 5.74) is -0.496. The van der Waals surface area contributed by atoms with Crippen LogP contribution in [0.5, 0.6) is 5.75 Å². The lowest BCUT2D eigenvalue weighted by molar-refractivity contribution is -0.0944. The summed E-state index contributed by atoms with van der Waals surface area (Å²) in [7, 11) is -1.71. The number of benzene rings is 2. The first-order valence-corrected chi connectivity index (χ1v) is 10.6. The molecular formula is C20H18F3N3O4S. The van der Waals surface area contributed by atoms with E-state index in [9.17, 15) is 21.6 Å². The molecule has 0 aliphatic heterocycles. The van der Waals surface area contributed by atoms with E-state index in [1.54, 1.807) is 18.2 Å². The van der Waals surface area contributed by atoms with Crippen molar-refractivity contribution in [3.05, 3.63) is 58.8 Å². The van der Waals surface area contributed by atoms with Crippen molar-refractivity contribution in [2.45, 2.75) is 19.0 Å². The summed E-state index contributed by atoms with van der Waals surface area (Å²) >= 11 is 0. The van der Waals surface area contributed by atoms with E-state index in [1.165, 1.54) is 20.4 Å². The number of rotatable bonds is 5. The molecule has 0 bridgehead atoms. The first-order valence-electron chi connectivity index (χ1n) is 9.16. The molecule has 1 aromatic heterocycles. The van der Waals surface area contributed by atoms with Crippen LogP contribution >= 0.6 is 0 Å². The van der Waals surface area contributed by atoms with Crippen molar-refractivity contribution in [2.24, 2.45) is 0 Å². The standard InChI is InChI=1S/C20H18F3N3O4S/c1-29-15-7-5-12-3-4-13-11-24-26(19(13)16(12)10-15)25-31(27,28)18-9-14(20(21,22)23)6-8-17(18)30-2/h3-5,7,9-11,25H,6,8H2,1-2H3. The van der Waals surface area contributed by atoms with Crippen molar-refractivity contribution in [3.8, 4) is 5.75 Å². The minimum atomic E-state index is -4.63. The molecule has 0 saturated carbocycles. The van der Waals surface area contributed by atoms with Crippen LogP contribution in [0.1, 0.15) is 12.8 Å². The maximum absolute atomic E-state index is 13.2. The molecule has 0 unspecified atom stereocenters. The molecule has 1 aliphatic carbocycles. The van der Waals surface area contributed by atoms with Crippen molar-refractivity contribution >= 4 is 31.7 Å². The van der Waals surface area contributed by atoms with Crippen LogP contribution in [0.15, 0.2) is 58.8 Å². The highest BCUT2D eigenvalue weighted by Crippen LogP contribution is 2.37. The van der Waals surface area contributed by atoms with Gasteiger partial charge in [-0.3, -0.25) is 0 Å². The molecule has 2 aromatic carbocycles. The zero-order chi connectivity index (χ0) is 22.4. The van der Waals surface area contributed by atoms with E-state index in [1.807, 2.05) is 12.1 Å². The lowest BCUT2D eigenvalue weighted by Crippen LogP contribution is -2.28. The van der Waals surface area contributed by atoms with Gasteiger partial charge >= 0.3 is 6.18 Å². The molecule has 164 valence electrons. The highest BCUT2D eigenvalue weighted by atomic mass is 32.2. The molecule has 1 aliphatic rings. The summed E-state index contributed by atoms with van der Waals surface area (Å²) < 4.78 is 76.0. The van der Waals surface area contributed by atoms with Gasteiger partial charge in [0, 0.05) is 22.8 Å². The van der Waals surface area contributed by atoms with Gasteiger partial charge < -0.3 is 9.47 Å². The number of nitrogens with zero attached hydrogens (tertiary/aromatic N) is 2. The summed E-state index contributed by atoms with van der Waals surface area (Å²) in [6.45, 7) is 0. The molecule has 0 fully saturated rings. The molecule has 31 heavy (non-hydrogen) atoms. The minimum Gasteiger partial charge on any atom is -0.500 e. The first-order chi connectivity index (χ1) is 14.6. The number of halogens is 3. The second-order valence-corrected chi connectivity index (χ2v) is 8.53. The summed E-state index contributed by atoms with van der Waals surface area (Å²) in [4.78, 5) is 2.72. The number of hydrogen-bond acceptors (Lipinski definition) is 5. The van der Waals surface area contributed by atoms with Crippen molar-refractivity contribution in [1.29, 1.82) is 0 Å². The minimum absolute atomic E-state index is 0.0523. The molecule has 1 N–H and O–H groups in total. The predicted octanol–water partition coefficient (Wildman–Crippen LogP) is 4.21. The number of nitrogens with one attached hydrogen (secondary N) is 1. The first kappa shape index (κ1) is 21.0. The van der Waals surface area contributed by atoms with Crippen molar-refractivity contribution < 1.29 is 31.1 Å². The van der Waals surface area contributed by atoms with Gasteiger partial charge in [0.05, 0.1) is 20.4 Å². The van der Waals surface area contributed by atoms with E-state index in [2.05, 4.69) is 9.93 Å². The maximum atomic E-state index is 13.2. The number of alkyl halides is 3. The van der Waals surface area contributed by atoms with Gasteiger partial charge in [-0.05, 0) is 30.0 Å². The third kappa shape index (κ3) is 3.80. The van der Waals surface area contributed by atoms with Gasteiger partial charge in [0.2, 0.25) is 0 Å². The Balaban J connectivity index is 1.84. The van der Waals surface area contributed by atoms with Crippen LogP contribution in [0.2, 0.25) is 0 Å². The highest BCUT2D eigenvalue weighted by molar-refractivity contribution is 7.96. The van der Waals surface area contributed by atoms with Gasteiger partial charge in [-0.15, -0.1) is 0 Å². The molecule has 0 amide bonds. The number of methoxy groups -OCH3 is 2. The van der Waals surface area contributed by atoms with E-state index in [0.29, 0.717) is 28.1 Å². The van der Waals surface area contributed by atoms with E-state index in [0.717, 1.165) is 10.2 Å². The molecule has 0 atom stereocenters. The fourth-order valence-corrected chi connectivity index (χ4v) is 4.76. The van der Waals surface area contributed by atoms with Crippen molar-refractivity contribution in [2.75, 3.05) is 19.1 Å². The molecule has 0 radical (unpaired) electrons. The molecule has 4 rings (SSSR count). The Morgan fingerprint density at radius 3 is 2.45 bits per heavy atom. The van der Waals surface area contributed by atoms with E-state index >= 15 is 0 Å². The molecule has 0 spiro atoms. The molecule has 7 nitrogen and oxygen atoms in total. The number of aromatic nitrogens is 2. The Kier molecular flexibility index (Phi) is 5.08. The zero-order valence-corrected chi connectivity index (χ0v) is 17.3. The number of ether oxygens (including phenoxy) is 2. The third-order valence-electron chi connectivity index (χ3n) is 5.06. The van der Waals surface area contributed by atoms with Crippen LogP contribution in [0.25, 0.3) is 21.7 Å². The summed E-state index contributed by atoms with van der Waals surface area (Å²) in [5.74, 6) is 0.508. The number of fused-ring (bicyclic) bond motifs is 3. The average molecular weight is 453 g/mol. The quantitative estimate of drug-likeness (QED) is 0.626. The Hall–Kier alpha value is -3.21. The second kappa shape index (κ2) is 7.49. The van der Waals surface area contributed by atoms with E-state index in [4.69, 9.17) is 9.47 Å². The van der Waals surface area contributed by atoms with E-state index < -0.39 is 26.7 Å². The lowest BCUT2D eigenvalue weighted by atomic mass is 10.0. The lowest BCUT2D eigenvalue weighted by Gasteiger charge is -2.21. The van der Waals surface area contributed by atoms with Gasteiger partial charge in [-0.2, -0.15) is 36.3 Å². The van der Waals surface area contributed by atoms with Crippen molar-refractivity contribution in [3.63, 3.8) is 0 Å². The smallest absolute Gasteiger partial charge is 0.412 e. The van der Waals surface area contributed by atoms with E-state index in [-0.39, 0.29) is 18.6 Å². The van der Waals surface area contributed by atoms with Crippen LogP contribution in [0.4, 0.5) is 13.2 Å². The summed E-state index contributed by atoms with van der Waals surface area (Å²) in [6, 6.07) is 8.92. The van der Waals surface area contributed by atoms with Crippen LogP contribution in [-0.4, -0.2) is 38.7 Å². The predicted molar refractivity (Wildman–Crippen MR) is 109 cm³/mol. The third-order valence-corrected chi connectivity index (χ3v) is 6.40.